The van der Waals surface area contributed by atoms with Gasteiger partial charge in [-0.1, -0.05) is 24.3 Å². The third kappa shape index (κ3) is 13.8. The number of fused-ring (bicyclic) bond motifs is 2. The van der Waals surface area contributed by atoms with Gasteiger partial charge in [-0.2, -0.15) is 0 Å². The van der Waals surface area contributed by atoms with Crippen molar-refractivity contribution < 1.29 is 81.7 Å². The molecule has 0 saturated carbocycles. The molecule has 0 atom stereocenters. The number of halogens is 2. The van der Waals surface area contributed by atoms with Crippen molar-refractivity contribution in [3.63, 3.8) is 0 Å². The molecule has 8 rings (SSSR count). The van der Waals surface area contributed by atoms with E-state index in [9.17, 15) is 37.8 Å². The van der Waals surface area contributed by atoms with Crippen molar-refractivity contribution in [3.05, 3.63) is 184 Å². The van der Waals surface area contributed by atoms with Gasteiger partial charge in [0.15, 0.2) is 23.0 Å². The molecule has 0 aliphatic heterocycles. The third-order valence-electron chi connectivity index (χ3n) is 11.8. The number of allylic oxidation sites excluding steroid dienone is 4. The monoisotopic (exact) mass is 1120 g/mol. The largest absolute Gasteiger partial charge is 0.525 e. The number of phenols is 1. The number of aromatic hydroxyl groups is 1. The molecular formula is C55H54F2N4O11PPd-. The smallest absolute Gasteiger partial charge is 0.502 e. The molecule has 0 bridgehead atoms. The van der Waals surface area contributed by atoms with Crippen LogP contribution >= 0.6 is 7.82 Å². The number of phosphoric ester groups is 1. The molecule has 19 heteroatoms. The SMILES string of the molecule is COc1cc(/C=C2/C(C)=C(CC(=O)NCc3cccnc3)c3cc(F)ccc32)cc(OC)c1O.COc1cc(/C=C2/C(C)=C(CC(=O)NCc3cccnc3)c3cc(F)ccc32)cc(OC)c1OP(=O)(O)O.[CH3-].[Pd]. The molecule has 2 amide bonds. The van der Waals surface area contributed by atoms with Crippen LogP contribution in [0, 0.1) is 19.1 Å². The molecule has 0 unspecified atom stereocenters. The number of hydrogen-bond acceptors (Lipinski definition) is 11. The zero-order valence-electron chi connectivity index (χ0n) is 41.4. The van der Waals surface area contributed by atoms with Crippen molar-refractivity contribution in [1.82, 2.24) is 20.6 Å². The van der Waals surface area contributed by atoms with Crippen LogP contribution in [0.1, 0.15) is 71.2 Å². The van der Waals surface area contributed by atoms with E-state index < -0.39 is 13.6 Å². The number of amides is 2. The van der Waals surface area contributed by atoms with Gasteiger partial charge in [-0.05, 0) is 165 Å². The first kappa shape index (κ1) is 57.5. The van der Waals surface area contributed by atoms with Crippen LogP contribution in [0.15, 0.2) is 121 Å². The Morgan fingerprint density at radius 3 is 1.36 bits per heavy atom. The number of nitrogens with one attached hydrogen (secondary N) is 2. The number of ether oxygens (including phenoxy) is 4. The van der Waals surface area contributed by atoms with Gasteiger partial charge < -0.3 is 46.6 Å². The van der Waals surface area contributed by atoms with Gasteiger partial charge in [0.1, 0.15) is 11.6 Å². The summed E-state index contributed by atoms with van der Waals surface area (Å²) in [6, 6.07) is 22.8. The molecule has 5 N–H and O–H groups in total. The molecule has 2 aliphatic rings. The van der Waals surface area contributed by atoms with Crippen LogP contribution in [0.4, 0.5) is 8.78 Å². The molecule has 2 aromatic heterocycles. The second-order valence-electron chi connectivity index (χ2n) is 16.4. The van der Waals surface area contributed by atoms with Crippen molar-refractivity contribution >= 4 is 54.1 Å². The molecule has 0 saturated heterocycles. The standard InChI is InChI=1S/C27H26FN2O7P.C27H25FN2O4.CH3.Pd/c1-16-21(9-18-10-24(35-2)27(25(11-18)36-3)37-38(32,33)34)20-7-6-19(28)12-23(20)22(16)13-26(31)30-15-17-5-4-8-29-14-17;1-16-21(9-18-10-24(33-2)27(32)25(11-18)34-3)20-7-6-19(28)12-23(20)22(16)13-26(31)30-15-17-5-4-8-29-14-17;;/h4-12,14H,13,15H2,1-3H3,(H,30,31)(H2,32,33,34);4-12,14,32H,13,15H2,1-3H3,(H,30,31);1H3;/q;;-1;/b2*21-9-;;. The van der Waals surface area contributed by atoms with Gasteiger partial charge in [-0.25, -0.2) is 13.3 Å². The molecule has 15 nitrogen and oxygen atoms in total. The second-order valence-corrected chi connectivity index (χ2v) is 17.6. The minimum Gasteiger partial charge on any atom is -0.502 e. The van der Waals surface area contributed by atoms with Gasteiger partial charge in [0.25, 0.3) is 0 Å². The molecular weight excluding hydrogens is 1070 g/mol. The van der Waals surface area contributed by atoms with Gasteiger partial charge in [0, 0.05) is 58.3 Å². The molecule has 4 aromatic carbocycles. The van der Waals surface area contributed by atoms with Crippen LogP contribution in [0.25, 0.3) is 34.4 Å². The van der Waals surface area contributed by atoms with E-state index in [1.165, 1.54) is 64.8 Å². The van der Waals surface area contributed by atoms with Crippen molar-refractivity contribution in [2.24, 2.45) is 0 Å². The number of phenolic OH excluding ortho intramolecular Hbond substituents is 1. The molecule has 74 heavy (non-hydrogen) atoms. The van der Waals surface area contributed by atoms with Gasteiger partial charge in [-0.15, -0.1) is 0 Å². The van der Waals surface area contributed by atoms with E-state index in [0.29, 0.717) is 35.4 Å². The van der Waals surface area contributed by atoms with E-state index in [0.717, 1.165) is 55.7 Å². The number of methoxy groups -OCH3 is 4. The quantitative estimate of drug-likeness (QED) is 0.0348. The second kappa shape index (κ2) is 25.5. The van der Waals surface area contributed by atoms with E-state index in [1.807, 2.05) is 38.1 Å². The fourth-order valence-electron chi connectivity index (χ4n) is 8.34. The number of rotatable bonds is 16. The van der Waals surface area contributed by atoms with E-state index in [1.54, 1.807) is 61.2 Å². The molecule has 6 aromatic rings. The van der Waals surface area contributed by atoms with E-state index in [2.05, 4.69) is 20.6 Å². The number of hydrogen-bond donors (Lipinski definition) is 5. The van der Waals surface area contributed by atoms with Crippen LogP contribution in [0.5, 0.6) is 34.5 Å². The summed E-state index contributed by atoms with van der Waals surface area (Å²) < 4.78 is 65.7. The number of nitrogens with zero attached hydrogens (tertiary/aromatic N) is 2. The van der Waals surface area contributed by atoms with Crippen LogP contribution < -0.4 is 34.1 Å². The van der Waals surface area contributed by atoms with Gasteiger partial charge in [0.05, 0.1) is 41.3 Å². The molecule has 0 radical (unpaired) electrons. The van der Waals surface area contributed by atoms with Crippen molar-refractivity contribution in [2.45, 2.75) is 39.8 Å². The van der Waals surface area contributed by atoms with Gasteiger partial charge >= 0.3 is 7.82 Å². The number of aromatic nitrogens is 2. The Morgan fingerprint density at radius 2 is 1.01 bits per heavy atom. The Kier molecular flexibility index (Phi) is 19.8. The first-order chi connectivity index (χ1) is 34.5. The Hall–Kier alpha value is -7.45. The predicted molar refractivity (Wildman–Crippen MR) is 275 cm³/mol. The minimum atomic E-state index is -4.88. The first-order valence-electron chi connectivity index (χ1n) is 22.2. The fraction of sp³-hybridized carbons (Fsp3) is 0.182. The Labute approximate surface area is 441 Å². The van der Waals surface area contributed by atoms with Crippen molar-refractivity contribution in [2.75, 3.05) is 28.4 Å². The summed E-state index contributed by atoms with van der Waals surface area (Å²) in [5.41, 5.74) is 10.7. The Bertz CT molecular complexity index is 3170. The Balaban J connectivity index is 0.000000268. The summed E-state index contributed by atoms with van der Waals surface area (Å²) in [7, 11) is 0.717. The summed E-state index contributed by atoms with van der Waals surface area (Å²) in [4.78, 5) is 52.2. The van der Waals surface area contributed by atoms with Crippen LogP contribution in [0.2, 0.25) is 0 Å². The van der Waals surface area contributed by atoms with Crippen LogP contribution in [0.3, 0.4) is 0 Å². The summed E-state index contributed by atoms with van der Waals surface area (Å²) in [6.07, 6.45) is 10.6. The maximum absolute atomic E-state index is 14.2. The average Bonchev–Trinajstić information content (AvgIpc) is 3.76. The normalized spacial score (nSPS) is 13.4. The third-order valence-corrected chi connectivity index (χ3v) is 12.2. The molecule has 2 aliphatic carbocycles. The topological polar surface area (TPSA) is 208 Å². The Morgan fingerprint density at radius 1 is 0.622 bits per heavy atom. The summed E-state index contributed by atoms with van der Waals surface area (Å²) in [5, 5.41) is 16.0. The molecule has 2 heterocycles. The number of benzene rings is 4. The number of carbonyl (C=O) groups is 2. The van der Waals surface area contributed by atoms with E-state index in [4.69, 9.17) is 23.5 Å². The number of phosphoric acid groups is 1. The van der Waals surface area contributed by atoms with E-state index >= 15 is 0 Å². The van der Waals surface area contributed by atoms with Crippen molar-refractivity contribution in [1.29, 1.82) is 0 Å². The minimum absolute atomic E-state index is 0. The van der Waals surface area contributed by atoms with Crippen molar-refractivity contribution in [3.8, 4) is 34.5 Å². The van der Waals surface area contributed by atoms with Crippen LogP contribution in [-0.4, -0.2) is 65.1 Å². The summed E-state index contributed by atoms with van der Waals surface area (Å²) in [5.74, 6) is -0.842. The van der Waals surface area contributed by atoms with Crippen LogP contribution in [-0.2, 0) is 47.7 Å². The summed E-state index contributed by atoms with van der Waals surface area (Å²) >= 11 is 0. The zero-order chi connectivity index (χ0) is 51.7. The maximum atomic E-state index is 14.2. The zero-order valence-corrected chi connectivity index (χ0v) is 43.8. The van der Waals surface area contributed by atoms with Gasteiger partial charge in [0.2, 0.25) is 23.3 Å². The molecule has 0 spiro atoms. The summed E-state index contributed by atoms with van der Waals surface area (Å²) in [6.45, 7) is 4.46. The van der Waals surface area contributed by atoms with Gasteiger partial charge in [-0.3, -0.25) is 29.3 Å². The number of carbonyl (C=O) groups excluding carboxylic acids is 2. The first-order valence-corrected chi connectivity index (χ1v) is 23.7. The van der Waals surface area contributed by atoms with E-state index in [-0.39, 0.29) is 92.8 Å². The molecule has 0 fully saturated rings. The predicted octanol–water partition coefficient (Wildman–Crippen LogP) is 10.2. The molecule has 390 valence electrons. The average molecular weight is 1120 g/mol. The maximum Gasteiger partial charge on any atom is 0.525 e. The number of pyridine rings is 2. The fourth-order valence-corrected chi connectivity index (χ4v) is 8.76.